The molecule has 0 aliphatic carbocycles. The van der Waals surface area contributed by atoms with E-state index in [4.69, 9.17) is 9.47 Å². The normalized spacial score (nSPS) is 15.5. The Labute approximate surface area is 118 Å². The molecule has 0 radical (unpaired) electrons. The quantitative estimate of drug-likeness (QED) is 0.912. The fourth-order valence-corrected chi connectivity index (χ4v) is 2.32. The van der Waals surface area contributed by atoms with Gasteiger partial charge in [-0.15, -0.1) is 0 Å². The van der Waals surface area contributed by atoms with E-state index in [0.717, 1.165) is 29.0 Å². The van der Waals surface area contributed by atoms with Crippen molar-refractivity contribution in [2.45, 2.75) is 19.4 Å². The highest BCUT2D eigenvalue weighted by atomic mass is 16.5. The molecule has 20 heavy (non-hydrogen) atoms. The summed E-state index contributed by atoms with van der Waals surface area (Å²) < 4.78 is 11.2. The van der Waals surface area contributed by atoms with E-state index in [1.54, 1.807) is 6.20 Å². The summed E-state index contributed by atoms with van der Waals surface area (Å²) in [6.07, 6.45) is 1.88. The first-order valence-electron chi connectivity index (χ1n) is 6.75. The van der Waals surface area contributed by atoms with Crippen LogP contribution in [0.3, 0.4) is 0 Å². The number of benzene rings is 1. The molecule has 0 saturated heterocycles. The predicted octanol–water partition coefficient (Wildman–Crippen LogP) is 2.63. The van der Waals surface area contributed by atoms with Crippen LogP contribution in [0.2, 0.25) is 0 Å². The molecule has 104 valence electrons. The van der Waals surface area contributed by atoms with Gasteiger partial charge in [-0.1, -0.05) is 12.1 Å². The van der Waals surface area contributed by atoms with Crippen LogP contribution in [0.15, 0.2) is 36.5 Å². The number of hydrogen-bond donors (Lipinski definition) is 1. The number of nitrogens with zero attached hydrogens (tertiary/aromatic N) is 1. The summed E-state index contributed by atoms with van der Waals surface area (Å²) in [6.45, 7) is 3.19. The van der Waals surface area contributed by atoms with Crippen LogP contribution in [-0.2, 0) is 0 Å². The molecule has 3 rings (SSSR count). The number of aliphatic hydroxyl groups is 1. The third-order valence-electron chi connectivity index (χ3n) is 3.43. The SMILES string of the molecule is Cc1ncccc1C(O)c1ccc2c(c1)OCCCO2. The molecule has 1 N–H and O–H groups in total. The van der Waals surface area contributed by atoms with Gasteiger partial charge in [-0.2, -0.15) is 0 Å². The molecule has 2 heterocycles. The second-order valence-corrected chi connectivity index (χ2v) is 4.84. The minimum atomic E-state index is -0.708. The van der Waals surface area contributed by atoms with Crippen LogP contribution < -0.4 is 9.47 Å². The highest BCUT2D eigenvalue weighted by Gasteiger charge is 2.17. The average Bonchev–Trinajstić information content (AvgIpc) is 2.71. The van der Waals surface area contributed by atoms with E-state index in [2.05, 4.69) is 4.98 Å². The van der Waals surface area contributed by atoms with Crippen molar-refractivity contribution in [3.63, 3.8) is 0 Å². The van der Waals surface area contributed by atoms with Crippen molar-refractivity contribution in [1.82, 2.24) is 4.98 Å². The zero-order chi connectivity index (χ0) is 13.9. The molecule has 1 aliphatic heterocycles. The number of hydrogen-bond acceptors (Lipinski definition) is 4. The summed E-state index contributed by atoms with van der Waals surface area (Å²) in [6, 6.07) is 9.28. The smallest absolute Gasteiger partial charge is 0.161 e. The largest absolute Gasteiger partial charge is 0.490 e. The average molecular weight is 271 g/mol. The molecule has 0 saturated carbocycles. The third-order valence-corrected chi connectivity index (χ3v) is 3.43. The number of rotatable bonds is 2. The molecule has 1 aromatic carbocycles. The first-order chi connectivity index (χ1) is 9.75. The summed E-state index contributed by atoms with van der Waals surface area (Å²) in [5, 5.41) is 10.5. The van der Waals surface area contributed by atoms with E-state index in [0.29, 0.717) is 19.0 Å². The molecule has 1 aliphatic rings. The Morgan fingerprint density at radius 3 is 2.75 bits per heavy atom. The summed E-state index contributed by atoms with van der Waals surface area (Å²) in [5.74, 6) is 1.43. The molecule has 1 aromatic heterocycles. The summed E-state index contributed by atoms with van der Waals surface area (Å²) in [7, 11) is 0. The van der Waals surface area contributed by atoms with Crippen LogP contribution in [0, 0.1) is 6.92 Å². The molecule has 0 fully saturated rings. The van der Waals surface area contributed by atoms with E-state index < -0.39 is 6.10 Å². The van der Waals surface area contributed by atoms with Crippen LogP contribution >= 0.6 is 0 Å². The highest BCUT2D eigenvalue weighted by Crippen LogP contribution is 2.34. The summed E-state index contributed by atoms with van der Waals surface area (Å²) >= 11 is 0. The maximum atomic E-state index is 10.5. The zero-order valence-corrected chi connectivity index (χ0v) is 11.4. The number of aliphatic hydroxyl groups excluding tert-OH is 1. The Morgan fingerprint density at radius 2 is 1.95 bits per heavy atom. The Kier molecular flexibility index (Phi) is 3.56. The number of ether oxygens (including phenoxy) is 2. The van der Waals surface area contributed by atoms with Gasteiger partial charge in [0.1, 0.15) is 6.10 Å². The monoisotopic (exact) mass is 271 g/mol. The highest BCUT2D eigenvalue weighted by molar-refractivity contribution is 5.46. The second-order valence-electron chi connectivity index (χ2n) is 4.84. The molecular weight excluding hydrogens is 254 g/mol. The zero-order valence-electron chi connectivity index (χ0n) is 11.4. The van der Waals surface area contributed by atoms with E-state index in [-0.39, 0.29) is 0 Å². The minimum absolute atomic E-state index is 0.637. The van der Waals surface area contributed by atoms with Crippen LogP contribution in [0.5, 0.6) is 11.5 Å². The Balaban J connectivity index is 1.94. The number of fused-ring (bicyclic) bond motifs is 1. The molecule has 0 amide bonds. The number of aromatic nitrogens is 1. The van der Waals surface area contributed by atoms with Crippen LogP contribution in [-0.4, -0.2) is 23.3 Å². The van der Waals surface area contributed by atoms with Gasteiger partial charge in [0.2, 0.25) is 0 Å². The molecular formula is C16H17NO3. The van der Waals surface area contributed by atoms with Gasteiger partial charge in [-0.3, -0.25) is 4.98 Å². The van der Waals surface area contributed by atoms with Gasteiger partial charge < -0.3 is 14.6 Å². The Bertz CT molecular complexity index is 612. The van der Waals surface area contributed by atoms with E-state index in [1.165, 1.54) is 0 Å². The lowest BCUT2D eigenvalue weighted by Gasteiger charge is -2.15. The van der Waals surface area contributed by atoms with Gasteiger partial charge in [-0.25, -0.2) is 0 Å². The predicted molar refractivity (Wildman–Crippen MR) is 75.1 cm³/mol. The van der Waals surface area contributed by atoms with E-state index in [9.17, 15) is 5.11 Å². The lowest BCUT2D eigenvalue weighted by Crippen LogP contribution is -2.04. The number of aryl methyl sites for hydroxylation is 1. The maximum Gasteiger partial charge on any atom is 0.161 e. The fourth-order valence-electron chi connectivity index (χ4n) is 2.32. The number of pyridine rings is 1. The molecule has 1 atom stereocenters. The van der Waals surface area contributed by atoms with Crippen LogP contribution in [0.1, 0.15) is 29.3 Å². The van der Waals surface area contributed by atoms with E-state index in [1.807, 2.05) is 37.3 Å². The van der Waals surface area contributed by atoms with Crippen LogP contribution in [0.4, 0.5) is 0 Å². The summed E-state index contributed by atoms with van der Waals surface area (Å²) in [5.41, 5.74) is 2.42. The van der Waals surface area contributed by atoms with Crippen molar-refractivity contribution in [2.75, 3.05) is 13.2 Å². The van der Waals surface area contributed by atoms with Crippen molar-refractivity contribution in [3.05, 3.63) is 53.3 Å². The minimum Gasteiger partial charge on any atom is -0.490 e. The molecule has 2 aromatic rings. The fraction of sp³-hybridized carbons (Fsp3) is 0.312. The molecule has 4 nitrogen and oxygen atoms in total. The van der Waals surface area contributed by atoms with Gasteiger partial charge >= 0.3 is 0 Å². The second kappa shape index (κ2) is 5.51. The summed E-state index contributed by atoms with van der Waals surface area (Å²) in [4.78, 5) is 4.21. The van der Waals surface area contributed by atoms with Gasteiger partial charge in [0, 0.05) is 23.9 Å². The standard InChI is InChI=1S/C16H17NO3/c1-11-13(4-2-7-17-11)16(18)12-5-6-14-15(10-12)20-9-3-8-19-14/h2,4-7,10,16,18H,3,8-9H2,1H3. The lowest BCUT2D eigenvalue weighted by molar-refractivity contribution is 0.218. The third kappa shape index (κ3) is 2.47. The van der Waals surface area contributed by atoms with Gasteiger partial charge in [0.25, 0.3) is 0 Å². The van der Waals surface area contributed by atoms with Crippen molar-refractivity contribution < 1.29 is 14.6 Å². The molecule has 4 heteroatoms. The van der Waals surface area contributed by atoms with Crippen LogP contribution in [0.25, 0.3) is 0 Å². The van der Waals surface area contributed by atoms with Crippen molar-refractivity contribution in [3.8, 4) is 11.5 Å². The maximum absolute atomic E-state index is 10.5. The van der Waals surface area contributed by atoms with Gasteiger partial charge in [-0.05, 0) is 30.7 Å². The topological polar surface area (TPSA) is 51.6 Å². The first-order valence-corrected chi connectivity index (χ1v) is 6.75. The molecule has 0 spiro atoms. The molecule has 0 bridgehead atoms. The Morgan fingerprint density at radius 1 is 1.15 bits per heavy atom. The lowest BCUT2D eigenvalue weighted by atomic mass is 10.00. The van der Waals surface area contributed by atoms with Gasteiger partial charge in [0.15, 0.2) is 11.5 Å². The van der Waals surface area contributed by atoms with Gasteiger partial charge in [0.05, 0.1) is 13.2 Å². The van der Waals surface area contributed by atoms with E-state index >= 15 is 0 Å². The Hall–Kier alpha value is -2.07. The van der Waals surface area contributed by atoms with Crippen molar-refractivity contribution in [1.29, 1.82) is 0 Å². The van der Waals surface area contributed by atoms with Crippen molar-refractivity contribution >= 4 is 0 Å². The first kappa shape index (κ1) is 12.9. The molecule has 1 unspecified atom stereocenters. The van der Waals surface area contributed by atoms with Crippen molar-refractivity contribution in [2.24, 2.45) is 0 Å².